The van der Waals surface area contributed by atoms with E-state index in [0.29, 0.717) is 44.3 Å². The first-order valence-corrected chi connectivity index (χ1v) is 6.53. The van der Waals surface area contributed by atoms with E-state index in [1.54, 1.807) is 20.3 Å². The zero-order valence-electron chi connectivity index (χ0n) is 12.1. The highest BCUT2D eigenvalue weighted by Crippen LogP contribution is 2.19. The molecule has 1 aromatic rings. The first-order valence-electron chi connectivity index (χ1n) is 6.53. The summed E-state index contributed by atoms with van der Waals surface area (Å²) in [6.45, 7) is 3.03. The maximum Gasteiger partial charge on any atom is 0.136 e. The molecule has 0 aromatic heterocycles. The van der Waals surface area contributed by atoms with E-state index >= 15 is 0 Å². The largest absolute Gasteiger partial charge is 0.495 e. The third-order valence-electron chi connectivity index (χ3n) is 2.66. The summed E-state index contributed by atoms with van der Waals surface area (Å²) >= 11 is 0. The average Bonchev–Trinajstić information content (AvgIpc) is 2.49. The number of benzene rings is 1. The van der Waals surface area contributed by atoms with Gasteiger partial charge in [0.25, 0.3) is 0 Å². The van der Waals surface area contributed by atoms with Gasteiger partial charge in [-0.3, -0.25) is 0 Å². The first kappa shape index (κ1) is 16.4. The molecule has 0 spiro atoms. The van der Waals surface area contributed by atoms with Gasteiger partial charge in [0.05, 0.1) is 32.5 Å². The van der Waals surface area contributed by atoms with Crippen LogP contribution in [0, 0.1) is 11.3 Å². The van der Waals surface area contributed by atoms with Gasteiger partial charge >= 0.3 is 0 Å². The van der Waals surface area contributed by atoms with Crippen molar-refractivity contribution in [2.75, 3.05) is 40.6 Å². The summed E-state index contributed by atoms with van der Waals surface area (Å²) in [5.74, 6) is 0.580. The molecule has 5 heteroatoms. The molecule has 0 aliphatic rings. The number of methoxy groups -OCH3 is 2. The summed E-state index contributed by atoms with van der Waals surface area (Å²) in [6.07, 6.45) is 0.844. The normalized spacial score (nSPS) is 10.2. The third-order valence-corrected chi connectivity index (χ3v) is 2.66. The predicted octanol–water partition coefficient (Wildman–Crippen LogP) is 2.14. The highest BCUT2D eigenvalue weighted by molar-refractivity contribution is 5.45. The molecule has 0 atom stereocenters. The lowest BCUT2D eigenvalue weighted by atomic mass is 10.1. The Labute approximate surface area is 120 Å². The van der Waals surface area contributed by atoms with Crippen molar-refractivity contribution < 1.29 is 18.9 Å². The van der Waals surface area contributed by atoms with E-state index in [2.05, 4.69) is 6.07 Å². The third kappa shape index (κ3) is 6.02. The molecule has 0 aliphatic heterocycles. The van der Waals surface area contributed by atoms with Gasteiger partial charge in [-0.15, -0.1) is 0 Å². The quantitative estimate of drug-likeness (QED) is 0.614. The average molecular weight is 279 g/mol. The van der Waals surface area contributed by atoms with Crippen LogP contribution in [0.5, 0.6) is 5.75 Å². The molecule has 0 saturated carbocycles. The zero-order chi connectivity index (χ0) is 14.6. The lowest BCUT2D eigenvalue weighted by Crippen LogP contribution is -2.05. The van der Waals surface area contributed by atoms with Crippen molar-refractivity contribution in [2.24, 2.45) is 0 Å². The number of nitriles is 1. The van der Waals surface area contributed by atoms with Crippen molar-refractivity contribution in [1.82, 2.24) is 0 Å². The number of ether oxygens (including phenoxy) is 4. The van der Waals surface area contributed by atoms with Crippen LogP contribution >= 0.6 is 0 Å². The molecule has 1 aromatic carbocycles. The Morgan fingerprint density at radius 3 is 2.55 bits per heavy atom. The maximum absolute atomic E-state index is 8.89. The van der Waals surface area contributed by atoms with Crippen LogP contribution in [0.4, 0.5) is 0 Å². The molecule has 0 aliphatic carbocycles. The number of rotatable bonds is 10. The number of hydrogen-bond acceptors (Lipinski definition) is 5. The van der Waals surface area contributed by atoms with Crippen LogP contribution in [-0.4, -0.2) is 40.6 Å². The van der Waals surface area contributed by atoms with Crippen LogP contribution in [0.3, 0.4) is 0 Å². The van der Waals surface area contributed by atoms with Crippen molar-refractivity contribution >= 4 is 0 Å². The minimum atomic E-state index is 0.500. The first-order chi connectivity index (χ1) is 9.81. The minimum absolute atomic E-state index is 0.500. The van der Waals surface area contributed by atoms with E-state index in [4.69, 9.17) is 24.2 Å². The second-order valence-corrected chi connectivity index (χ2v) is 4.16. The van der Waals surface area contributed by atoms with Crippen molar-refractivity contribution in [1.29, 1.82) is 5.26 Å². The van der Waals surface area contributed by atoms with E-state index < -0.39 is 0 Å². The Balaban J connectivity index is 2.21. The Morgan fingerprint density at radius 2 is 1.85 bits per heavy atom. The van der Waals surface area contributed by atoms with Gasteiger partial charge in [0.15, 0.2) is 0 Å². The van der Waals surface area contributed by atoms with Crippen LogP contribution in [0.15, 0.2) is 18.2 Å². The number of hydrogen-bond donors (Lipinski definition) is 0. The summed E-state index contributed by atoms with van der Waals surface area (Å²) in [4.78, 5) is 0. The van der Waals surface area contributed by atoms with Gasteiger partial charge in [0, 0.05) is 20.3 Å². The smallest absolute Gasteiger partial charge is 0.136 e. The molecule has 110 valence electrons. The predicted molar refractivity (Wildman–Crippen MR) is 74.7 cm³/mol. The fourth-order valence-corrected chi connectivity index (χ4v) is 1.62. The Bertz CT molecular complexity index is 428. The molecule has 0 saturated heterocycles. The summed E-state index contributed by atoms with van der Waals surface area (Å²) in [5, 5.41) is 8.89. The summed E-state index contributed by atoms with van der Waals surface area (Å²) < 4.78 is 20.9. The highest BCUT2D eigenvalue weighted by Gasteiger charge is 2.03. The second kappa shape index (κ2) is 10.2. The minimum Gasteiger partial charge on any atom is -0.495 e. The molecule has 0 heterocycles. The summed E-state index contributed by atoms with van der Waals surface area (Å²) in [5.41, 5.74) is 1.52. The number of nitrogens with zero attached hydrogens (tertiary/aromatic N) is 1. The molecule has 0 radical (unpaired) electrons. The Kier molecular flexibility index (Phi) is 8.40. The van der Waals surface area contributed by atoms with Crippen molar-refractivity contribution in [3.05, 3.63) is 29.3 Å². The van der Waals surface area contributed by atoms with Gasteiger partial charge in [-0.05, 0) is 24.1 Å². The summed E-state index contributed by atoms with van der Waals surface area (Å²) in [6, 6.07) is 7.52. The maximum atomic E-state index is 8.89. The summed E-state index contributed by atoms with van der Waals surface area (Å²) in [7, 11) is 3.20. The van der Waals surface area contributed by atoms with Crippen LogP contribution in [-0.2, 0) is 20.8 Å². The second-order valence-electron chi connectivity index (χ2n) is 4.16. The van der Waals surface area contributed by atoms with Gasteiger partial charge in [-0.1, -0.05) is 6.07 Å². The molecule has 0 N–H and O–H groups in total. The van der Waals surface area contributed by atoms with Gasteiger partial charge in [0.2, 0.25) is 0 Å². The van der Waals surface area contributed by atoms with E-state index in [1.165, 1.54) is 0 Å². The monoisotopic (exact) mass is 279 g/mol. The van der Waals surface area contributed by atoms with E-state index in [-0.39, 0.29) is 0 Å². The molecular weight excluding hydrogens is 258 g/mol. The zero-order valence-corrected chi connectivity index (χ0v) is 12.1. The van der Waals surface area contributed by atoms with Gasteiger partial charge < -0.3 is 18.9 Å². The topological polar surface area (TPSA) is 60.7 Å². The van der Waals surface area contributed by atoms with E-state index in [9.17, 15) is 0 Å². The van der Waals surface area contributed by atoms with Crippen molar-refractivity contribution in [3.8, 4) is 11.8 Å². The highest BCUT2D eigenvalue weighted by atomic mass is 16.5. The molecule has 0 amide bonds. The standard InChI is InChI=1S/C15H21NO4/c1-17-8-9-19-6-3-7-20-12-13-4-5-14(11-16)15(10-13)18-2/h4-5,10H,3,6-9,12H2,1-2H3. The van der Waals surface area contributed by atoms with Gasteiger partial charge in [0.1, 0.15) is 11.8 Å². The lowest BCUT2D eigenvalue weighted by Gasteiger charge is -2.08. The molecule has 5 nitrogen and oxygen atoms in total. The lowest BCUT2D eigenvalue weighted by molar-refractivity contribution is 0.0483. The van der Waals surface area contributed by atoms with Crippen LogP contribution in [0.2, 0.25) is 0 Å². The molecule has 20 heavy (non-hydrogen) atoms. The Morgan fingerprint density at radius 1 is 1.05 bits per heavy atom. The van der Waals surface area contributed by atoms with Crippen LogP contribution in [0.25, 0.3) is 0 Å². The molecule has 1 rings (SSSR count). The fraction of sp³-hybridized carbons (Fsp3) is 0.533. The fourth-order valence-electron chi connectivity index (χ4n) is 1.62. The van der Waals surface area contributed by atoms with Crippen molar-refractivity contribution in [3.63, 3.8) is 0 Å². The molecule has 0 bridgehead atoms. The van der Waals surface area contributed by atoms with E-state index in [0.717, 1.165) is 12.0 Å². The van der Waals surface area contributed by atoms with Gasteiger partial charge in [-0.2, -0.15) is 5.26 Å². The van der Waals surface area contributed by atoms with Gasteiger partial charge in [-0.25, -0.2) is 0 Å². The van der Waals surface area contributed by atoms with Crippen molar-refractivity contribution in [2.45, 2.75) is 13.0 Å². The van der Waals surface area contributed by atoms with Crippen LogP contribution in [0.1, 0.15) is 17.5 Å². The molecule has 0 unspecified atom stereocenters. The SMILES string of the molecule is COCCOCCCOCc1ccc(C#N)c(OC)c1. The molecule has 0 fully saturated rings. The Hall–Kier alpha value is -1.61. The molecular formula is C15H21NO4. The van der Waals surface area contributed by atoms with Crippen LogP contribution < -0.4 is 4.74 Å². The van der Waals surface area contributed by atoms with E-state index in [1.807, 2.05) is 12.1 Å².